The van der Waals surface area contributed by atoms with Gasteiger partial charge in [-0.15, -0.1) is 0 Å². The molecule has 1 fully saturated rings. The molecule has 48 heavy (non-hydrogen) atoms. The summed E-state index contributed by atoms with van der Waals surface area (Å²) in [5, 5.41) is 9.03. The molecule has 1 saturated carbocycles. The fraction of sp³-hybridized carbons (Fsp3) is 0.220. The van der Waals surface area contributed by atoms with Crippen LogP contribution in [0.3, 0.4) is 0 Å². The number of carbonyl (C=O) groups excluding carboxylic acids is 1. The van der Waals surface area contributed by atoms with Crippen molar-refractivity contribution in [3.63, 3.8) is 0 Å². The monoisotopic (exact) mass is 645 g/mol. The molecule has 1 heterocycles. The van der Waals surface area contributed by atoms with E-state index in [9.17, 15) is 22.8 Å². The van der Waals surface area contributed by atoms with Gasteiger partial charge in [0.05, 0.1) is 11.1 Å². The number of hydrogen-bond acceptors (Lipinski definition) is 2. The molecule has 0 aromatic heterocycles. The van der Waals surface area contributed by atoms with E-state index in [4.69, 9.17) is 5.11 Å². The third-order valence-corrected chi connectivity index (χ3v) is 9.83. The van der Waals surface area contributed by atoms with Crippen molar-refractivity contribution in [3.8, 4) is 33.4 Å². The molecule has 0 saturated heterocycles. The molecule has 7 heteroatoms. The lowest BCUT2D eigenvalue weighted by Gasteiger charge is -2.35. The number of nitrogens with zero attached hydrogens (tertiary/aromatic N) is 1. The molecular weight excluding hydrogens is 611 g/mol. The Morgan fingerprint density at radius 1 is 0.688 bits per heavy atom. The van der Waals surface area contributed by atoms with Crippen LogP contribution < -0.4 is 0 Å². The van der Waals surface area contributed by atoms with Gasteiger partial charge in [-0.3, -0.25) is 4.79 Å². The number of amides is 1. The number of aromatic carboxylic acids is 1. The van der Waals surface area contributed by atoms with Crippen LogP contribution in [0.4, 0.5) is 13.2 Å². The van der Waals surface area contributed by atoms with Crippen molar-refractivity contribution in [2.24, 2.45) is 5.92 Å². The molecule has 0 atom stereocenters. The molecule has 2 aliphatic carbocycles. The number of benzene rings is 5. The maximum absolute atomic E-state index is 12.6. The zero-order chi connectivity index (χ0) is 33.4. The number of carbonyl (C=O) groups is 2. The summed E-state index contributed by atoms with van der Waals surface area (Å²) in [6.45, 7) is 1.65. The molecule has 0 spiro atoms. The lowest BCUT2D eigenvalue weighted by Crippen LogP contribution is -2.41. The lowest BCUT2D eigenvalue weighted by atomic mass is 9.83. The van der Waals surface area contributed by atoms with Crippen LogP contribution in [0.15, 0.2) is 109 Å². The van der Waals surface area contributed by atoms with Crippen LogP contribution in [-0.2, 0) is 30.4 Å². The second-order valence-corrected chi connectivity index (χ2v) is 12.7. The highest BCUT2D eigenvalue weighted by atomic mass is 19.4. The summed E-state index contributed by atoms with van der Waals surface area (Å²) < 4.78 is 37.3. The standard InChI is InChI=1S/C27H25NO.C14H9F3O2/c29-27(18-6-3-7-18)28-14-13-19-15-21(11-12-22(19)17-28)24-9-4-10-25-23-8-2-1-5-20(23)16-26(24)25;15-14(16,17)10-7-5-9(6-8-10)11-3-1-2-4-12(11)13(18)19/h1-2,4-5,8-12,15,18H,3,6-7,13-14,16-17H2;1-8H,(H,18,19). The molecule has 4 nitrogen and oxygen atoms in total. The van der Waals surface area contributed by atoms with Crippen molar-refractivity contribution in [2.45, 2.75) is 44.8 Å². The molecule has 242 valence electrons. The third-order valence-electron chi connectivity index (χ3n) is 9.83. The number of fused-ring (bicyclic) bond motifs is 4. The lowest BCUT2D eigenvalue weighted by molar-refractivity contribution is -0.139. The number of rotatable bonds is 4. The Kier molecular flexibility index (Phi) is 8.38. The number of alkyl halides is 3. The van der Waals surface area contributed by atoms with Crippen LogP contribution in [0.5, 0.6) is 0 Å². The van der Waals surface area contributed by atoms with Crippen LogP contribution in [0.1, 0.15) is 57.4 Å². The normalized spacial score (nSPS) is 14.9. The first-order valence-corrected chi connectivity index (χ1v) is 16.3. The van der Waals surface area contributed by atoms with Gasteiger partial charge >= 0.3 is 12.1 Å². The average Bonchev–Trinajstić information content (AvgIpc) is 3.46. The predicted octanol–water partition coefficient (Wildman–Crippen LogP) is 9.68. The molecule has 8 rings (SSSR count). The largest absolute Gasteiger partial charge is 0.478 e. The maximum Gasteiger partial charge on any atom is 0.416 e. The van der Waals surface area contributed by atoms with E-state index < -0.39 is 17.7 Å². The van der Waals surface area contributed by atoms with E-state index in [2.05, 4.69) is 65.6 Å². The minimum absolute atomic E-state index is 0.0576. The van der Waals surface area contributed by atoms with Crippen molar-refractivity contribution < 1.29 is 27.9 Å². The molecule has 1 N–H and O–H groups in total. The van der Waals surface area contributed by atoms with Crippen LogP contribution in [-0.4, -0.2) is 28.4 Å². The molecule has 0 radical (unpaired) electrons. The second kappa shape index (κ2) is 12.8. The summed E-state index contributed by atoms with van der Waals surface area (Å²) in [4.78, 5) is 25.8. The first kappa shape index (κ1) is 31.4. The number of hydrogen-bond donors (Lipinski definition) is 1. The van der Waals surface area contributed by atoms with Crippen molar-refractivity contribution in [1.82, 2.24) is 4.90 Å². The van der Waals surface area contributed by atoms with Gasteiger partial charge in [0, 0.05) is 19.0 Å². The van der Waals surface area contributed by atoms with E-state index in [0.717, 1.165) is 50.9 Å². The first-order valence-electron chi connectivity index (χ1n) is 16.3. The number of carboxylic acids is 1. The highest BCUT2D eigenvalue weighted by Crippen LogP contribution is 2.42. The SMILES string of the molecule is O=C(C1CCC1)N1CCc2cc(-c3cccc4c3Cc3ccccc3-4)ccc2C1.O=C(O)c1ccccc1-c1ccc(C(F)(F)F)cc1. The fourth-order valence-corrected chi connectivity index (χ4v) is 7.01. The molecular formula is C41H34F3NO3. The average molecular weight is 646 g/mol. The minimum Gasteiger partial charge on any atom is -0.478 e. The quantitative estimate of drug-likeness (QED) is 0.208. The number of halogens is 3. The third kappa shape index (κ3) is 6.13. The van der Waals surface area contributed by atoms with Crippen molar-refractivity contribution in [1.29, 1.82) is 0 Å². The summed E-state index contributed by atoms with van der Waals surface area (Å²) in [7, 11) is 0. The van der Waals surface area contributed by atoms with Gasteiger partial charge < -0.3 is 10.0 Å². The van der Waals surface area contributed by atoms with Crippen molar-refractivity contribution >= 4 is 11.9 Å². The highest BCUT2D eigenvalue weighted by molar-refractivity contribution is 5.96. The molecule has 5 aromatic carbocycles. The van der Waals surface area contributed by atoms with E-state index in [-0.39, 0.29) is 5.56 Å². The van der Waals surface area contributed by atoms with E-state index in [1.807, 2.05) is 0 Å². The molecule has 0 bridgehead atoms. The summed E-state index contributed by atoms with van der Waals surface area (Å²) >= 11 is 0. The van der Waals surface area contributed by atoms with E-state index in [1.54, 1.807) is 18.2 Å². The number of carboxylic acid groups (broad SMARTS) is 1. The van der Waals surface area contributed by atoms with Gasteiger partial charge in [-0.1, -0.05) is 97.4 Å². The van der Waals surface area contributed by atoms with E-state index >= 15 is 0 Å². The molecule has 5 aromatic rings. The van der Waals surface area contributed by atoms with Gasteiger partial charge in [0.15, 0.2) is 0 Å². The molecule has 1 amide bonds. The summed E-state index contributed by atoms with van der Waals surface area (Å²) in [6.07, 6.45) is 0.977. The summed E-state index contributed by atoms with van der Waals surface area (Å²) in [5.74, 6) is -0.440. The van der Waals surface area contributed by atoms with Gasteiger partial charge in [0.1, 0.15) is 0 Å². The Labute approximate surface area is 277 Å². The molecule has 1 aliphatic heterocycles. The Hall–Kier alpha value is -5.17. The van der Waals surface area contributed by atoms with Gasteiger partial charge in [-0.2, -0.15) is 13.2 Å². The van der Waals surface area contributed by atoms with Crippen molar-refractivity contribution in [2.75, 3.05) is 6.54 Å². The van der Waals surface area contributed by atoms with Crippen LogP contribution >= 0.6 is 0 Å². The Morgan fingerprint density at radius 3 is 2.06 bits per heavy atom. The fourth-order valence-electron chi connectivity index (χ4n) is 7.01. The smallest absolute Gasteiger partial charge is 0.416 e. The van der Waals surface area contributed by atoms with Crippen LogP contribution in [0.25, 0.3) is 33.4 Å². The summed E-state index contributed by atoms with van der Waals surface area (Å²) in [5.41, 5.74) is 11.2. The first-order chi connectivity index (χ1) is 23.2. The van der Waals surface area contributed by atoms with Crippen molar-refractivity contribution in [3.05, 3.63) is 143 Å². The topological polar surface area (TPSA) is 57.6 Å². The van der Waals surface area contributed by atoms with E-state index in [0.29, 0.717) is 23.0 Å². The Bertz CT molecular complexity index is 2010. The van der Waals surface area contributed by atoms with Crippen LogP contribution in [0.2, 0.25) is 0 Å². The van der Waals surface area contributed by atoms with Crippen LogP contribution in [0, 0.1) is 5.92 Å². The Balaban J connectivity index is 0.000000167. The maximum atomic E-state index is 12.6. The highest BCUT2D eigenvalue weighted by Gasteiger charge is 2.32. The molecule has 3 aliphatic rings. The van der Waals surface area contributed by atoms with Gasteiger partial charge in [0.25, 0.3) is 0 Å². The predicted molar refractivity (Wildman–Crippen MR) is 180 cm³/mol. The Morgan fingerprint density at radius 2 is 1.35 bits per heavy atom. The minimum atomic E-state index is -4.40. The zero-order valence-electron chi connectivity index (χ0n) is 26.3. The zero-order valence-corrected chi connectivity index (χ0v) is 26.3. The summed E-state index contributed by atoms with van der Waals surface area (Å²) in [6, 6.07) is 33.0. The van der Waals surface area contributed by atoms with Gasteiger partial charge in [-0.05, 0) is 99.5 Å². The van der Waals surface area contributed by atoms with Gasteiger partial charge in [-0.25, -0.2) is 4.79 Å². The van der Waals surface area contributed by atoms with Gasteiger partial charge in [0.2, 0.25) is 5.91 Å². The second-order valence-electron chi connectivity index (χ2n) is 12.7. The van der Waals surface area contributed by atoms with E-state index in [1.165, 1.54) is 69.1 Å². The molecule has 0 unspecified atom stereocenters.